The average molecular weight is 387 g/mol. The fourth-order valence-corrected chi connectivity index (χ4v) is 5.95. The molecule has 3 aliphatic rings. The molecule has 28 heavy (non-hydrogen) atoms. The van der Waals surface area contributed by atoms with Crippen molar-refractivity contribution in [2.75, 3.05) is 32.8 Å². The van der Waals surface area contributed by atoms with Crippen molar-refractivity contribution in [3.63, 3.8) is 0 Å². The number of rotatable bonds is 9. The molecule has 1 N–H and O–H groups in total. The second-order valence-corrected chi connectivity index (χ2v) is 9.21. The Kier molecular flexibility index (Phi) is 6.59. The summed E-state index contributed by atoms with van der Waals surface area (Å²) < 4.78 is 6.23. The van der Waals surface area contributed by atoms with Gasteiger partial charge in [0.1, 0.15) is 5.75 Å². The lowest BCUT2D eigenvalue weighted by atomic mass is 9.72. The van der Waals surface area contributed by atoms with E-state index in [1.165, 1.54) is 50.8 Å². The van der Waals surface area contributed by atoms with Crippen LogP contribution in [-0.4, -0.2) is 59.8 Å². The molecule has 3 atom stereocenters. The van der Waals surface area contributed by atoms with Gasteiger partial charge in [0.15, 0.2) is 0 Å². The number of ether oxygens (including phenoxy) is 1. The summed E-state index contributed by atoms with van der Waals surface area (Å²) >= 11 is 0. The van der Waals surface area contributed by atoms with Crippen LogP contribution in [0.2, 0.25) is 0 Å². The van der Waals surface area contributed by atoms with Crippen LogP contribution in [0.5, 0.6) is 5.75 Å². The highest BCUT2D eigenvalue weighted by Crippen LogP contribution is 2.52. The fraction of sp³-hybridized carbons (Fsp3) is 0.750. The van der Waals surface area contributed by atoms with Crippen molar-refractivity contribution in [3.05, 3.63) is 29.8 Å². The van der Waals surface area contributed by atoms with E-state index in [-0.39, 0.29) is 5.41 Å². The summed E-state index contributed by atoms with van der Waals surface area (Å²) in [6.45, 7) is 8.02. The molecule has 0 amide bonds. The highest BCUT2D eigenvalue weighted by atomic mass is 16.5. The molecule has 2 bridgehead atoms. The molecule has 1 aromatic rings. The maximum Gasteiger partial charge on any atom is 0.123 e. The Morgan fingerprint density at radius 1 is 1.14 bits per heavy atom. The zero-order valence-electron chi connectivity index (χ0n) is 17.6. The van der Waals surface area contributed by atoms with Crippen LogP contribution >= 0.6 is 0 Å². The number of nitrogens with zero attached hydrogens (tertiary/aromatic N) is 2. The Labute approximate surface area is 170 Å². The minimum absolute atomic E-state index is 0.118. The van der Waals surface area contributed by atoms with E-state index in [2.05, 4.69) is 41.0 Å². The van der Waals surface area contributed by atoms with Gasteiger partial charge in [0.25, 0.3) is 0 Å². The molecular formula is C24H38N2O2. The molecule has 156 valence electrons. The van der Waals surface area contributed by atoms with E-state index in [0.29, 0.717) is 18.7 Å². The second kappa shape index (κ2) is 9.15. The molecule has 0 aromatic heterocycles. The first-order chi connectivity index (χ1) is 13.8. The lowest BCUT2D eigenvalue weighted by molar-refractivity contribution is 0.0711. The van der Waals surface area contributed by atoms with Gasteiger partial charge in [-0.1, -0.05) is 31.5 Å². The quantitative estimate of drug-likeness (QED) is 0.649. The zero-order valence-corrected chi connectivity index (χ0v) is 17.6. The van der Waals surface area contributed by atoms with Crippen molar-refractivity contribution in [2.24, 2.45) is 5.41 Å². The first-order valence-corrected chi connectivity index (χ1v) is 11.6. The van der Waals surface area contributed by atoms with E-state index in [1.54, 1.807) is 0 Å². The third kappa shape index (κ3) is 4.10. The van der Waals surface area contributed by atoms with E-state index in [0.717, 1.165) is 44.7 Å². The van der Waals surface area contributed by atoms with Gasteiger partial charge in [0.05, 0.1) is 13.2 Å². The maximum absolute atomic E-state index is 10.1. The smallest absolute Gasteiger partial charge is 0.123 e. The van der Waals surface area contributed by atoms with Gasteiger partial charge in [-0.15, -0.1) is 0 Å². The Bertz CT molecular complexity index is 625. The molecule has 0 spiro atoms. The van der Waals surface area contributed by atoms with Gasteiger partial charge in [-0.2, -0.15) is 0 Å². The van der Waals surface area contributed by atoms with Gasteiger partial charge in [-0.25, -0.2) is 0 Å². The Balaban J connectivity index is 1.33. The molecule has 1 aromatic carbocycles. The Hall–Kier alpha value is -1.10. The number of piperidine rings is 1. The van der Waals surface area contributed by atoms with E-state index < -0.39 is 0 Å². The summed E-state index contributed by atoms with van der Waals surface area (Å²) in [6.07, 6.45) is 9.97. The normalized spacial score (nSPS) is 30.8. The summed E-state index contributed by atoms with van der Waals surface area (Å²) in [5.74, 6) is 1.05. The van der Waals surface area contributed by atoms with Gasteiger partial charge >= 0.3 is 0 Å². The largest absolute Gasteiger partial charge is 0.493 e. The van der Waals surface area contributed by atoms with Crippen LogP contribution in [0.3, 0.4) is 0 Å². The fourth-order valence-electron chi connectivity index (χ4n) is 5.95. The molecule has 4 heteroatoms. The lowest BCUT2D eigenvalue weighted by Gasteiger charge is -2.35. The first kappa shape index (κ1) is 20.2. The van der Waals surface area contributed by atoms with Gasteiger partial charge < -0.3 is 14.7 Å². The molecule has 0 aliphatic carbocycles. The lowest BCUT2D eigenvalue weighted by Crippen LogP contribution is -2.39. The minimum atomic E-state index is 0.118. The number of aliphatic hydroxyl groups excluding tert-OH is 1. The Morgan fingerprint density at radius 3 is 2.71 bits per heavy atom. The van der Waals surface area contributed by atoms with Crippen LogP contribution in [0.25, 0.3) is 0 Å². The van der Waals surface area contributed by atoms with Crippen LogP contribution in [0.15, 0.2) is 24.3 Å². The minimum Gasteiger partial charge on any atom is -0.493 e. The molecule has 3 heterocycles. The van der Waals surface area contributed by atoms with Crippen molar-refractivity contribution in [3.8, 4) is 5.75 Å². The second-order valence-electron chi connectivity index (χ2n) is 9.21. The summed E-state index contributed by atoms with van der Waals surface area (Å²) in [7, 11) is 0. The van der Waals surface area contributed by atoms with Gasteiger partial charge in [-0.3, -0.25) is 4.90 Å². The number of para-hydroxylation sites is 1. The summed E-state index contributed by atoms with van der Waals surface area (Å²) in [5, 5.41) is 10.1. The number of hydrogen-bond acceptors (Lipinski definition) is 4. The van der Waals surface area contributed by atoms with Gasteiger partial charge in [0, 0.05) is 36.2 Å². The van der Waals surface area contributed by atoms with Gasteiger partial charge in [0.2, 0.25) is 0 Å². The number of hydrogen-bond donors (Lipinski definition) is 1. The molecule has 3 fully saturated rings. The molecule has 3 aliphatic heterocycles. The highest BCUT2D eigenvalue weighted by Gasteiger charge is 2.54. The van der Waals surface area contributed by atoms with Crippen molar-refractivity contribution in [2.45, 2.75) is 76.9 Å². The monoisotopic (exact) mass is 386 g/mol. The number of benzene rings is 1. The Morgan fingerprint density at radius 2 is 1.96 bits per heavy atom. The van der Waals surface area contributed by atoms with E-state index in [1.807, 2.05) is 0 Å². The number of aliphatic hydroxyl groups is 1. The summed E-state index contributed by atoms with van der Waals surface area (Å²) in [4.78, 5) is 5.25. The van der Waals surface area contributed by atoms with Crippen LogP contribution in [0.4, 0.5) is 0 Å². The summed E-state index contributed by atoms with van der Waals surface area (Å²) in [6, 6.07) is 9.74. The SMILES string of the molecule is CC[C@@]1(CO)C[C@@H]2CC[C@H]1N2Cc1ccccc1OCCCN1CCCCC1. The molecule has 3 saturated heterocycles. The third-order valence-electron chi connectivity index (χ3n) is 7.66. The first-order valence-electron chi connectivity index (χ1n) is 11.6. The van der Waals surface area contributed by atoms with E-state index in [4.69, 9.17) is 4.74 Å². The van der Waals surface area contributed by atoms with Crippen molar-refractivity contribution < 1.29 is 9.84 Å². The third-order valence-corrected chi connectivity index (χ3v) is 7.66. The molecular weight excluding hydrogens is 348 g/mol. The molecule has 4 nitrogen and oxygen atoms in total. The standard InChI is InChI=1S/C24H38N2O2/c1-2-24(19-27)17-21-11-12-23(24)26(21)18-20-9-4-5-10-22(20)28-16-8-15-25-13-6-3-7-14-25/h4-5,9-10,21,23,27H,2-3,6-8,11-19H2,1H3/t21-,23+,24-/m0/s1. The van der Waals surface area contributed by atoms with E-state index in [9.17, 15) is 5.11 Å². The van der Waals surface area contributed by atoms with Crippen LogP contribution < -0.4 is 4.74 Å². The predicted molar refractivity (Wildman–Crippen MR) is 114 cm³/mol. The predicted octanol–water partition coefficient (Wildman–Crippen LogP) is 4.07. The summed E-state index contributed by atoms with van der Waals surface area (Å²) in [5.41, 5.74) is 1.43. The topological polar surface area (TPSA) is 35.9 Å². The highest BCUT2D eigenvalue weighted by molar-refractivity contribution is 5.33. The number of likely N-dealkylation sites (tertiary alicyclic amines) is 1. The average Bonchev–Trinajstić information content (AvgIpc) is 3.28. The van der Waals surface area contributed by atoms with E-state index >= 15 is 0 Å². The van der Waals surface area contributed by atoms with Crippen molar-refractivity contribution >= 4 is 0 Å². The van der Waals surface area contributed by atoms with Crippen LogP contribution in [0.1, 0.15) is 63.9 Å². The molecule has 0 unspecified atom stereocenters. The molecule has 0 saturated carbocycles. The molecule has 0 radical (unpaired) electrons. The maximum atomic E-state index is 10.1. The zero-order chi connectivity index (χ0) is 19.4. The number of fused-ring (bicyclic) bond motifs is 2. The van der Waals surface area contributed by atoms with Crippen LogP contribution in [0, 0.1) is 5.41 Å². The molecule has 4 rings (SSSR count). The van der Waals surface area contributed by atoms with Crippen molar-refractivity contribution in [1.29, 1.82) is 0 Å². The van der Waals surface area contributed by atoms with Crippen LogP contribution in [-0.2, 0) is 6.54 Å². The van der Waals surface area contributed by atoms with Gasteiger partial charge in [-0.05, 0) is 64.1 Å². The van der Waals surface area contributed by atoms with Crippen molar-refractivity contribution in [1.82, 2.24) is 9.80 Å².